The van der Waals surface area contributed by atoms with Crippen LogP contribution in [-0.2, 0) is 9.84 Å². The normalized spacial score (nSPS) is 35.9. The van der Waals surface area contributed by atoms with E-state index < -0.39 is 9.84 Å². The molecule has 1 aliphatic heterocycles. The molecule has 1 saturated heterocycles. The molecule has 0 amide bonds. The molecule has 0 spiro atoms. The molecule has 1 aliphatic carbocycles. The summed E-state index contributed by atoms with van der Waals surface area (Å²) in [6.45, 7) is 5.65. The summed E-state index contributed by atoms with van der Waals surface area (Å²) < 4.78 is 22.9. The molecule has 1 saturated carbocycles. The van der Waals surface area contributed by atoms with E-state index in [1.54, 1.807) is 0 Å². The summed E-state index contributed by atoms with van der Waals surface area (Å²) in [4.78, 5) is 2.29. The van der Waals surface area contributed by atoms with E-state index in [0.29, 0.717) is 25.2 Å². The number of aliphatic hydroxyl groups is 1. The number of hydrogen-bond donors (Lipinski definition) is 2. The third-order valence-corrected chi connectivity index (χ3v) is 5.98. The van der Waals surface area contributed by atoms with E-state index in [2.05, 4.69) is 24.1 Å². The zero-order valence-electron chi connectivity index (χ0n) is 11.9. The Hall–Kier alpha value is -0.170. The first-order valence-corrected chi connectivity index (χ1v) is 9.01. The van der Waals surface area contributed by atoms with Crippen molar-refractivity contribution >= 4 is 9.84 Å². The summed E-state index contributed by atoms with van der Waals surface area (Å²) in [5, 5.41) is 13.2. The van der Waals surface area contributed by atoms with Crippen LogP contribution >= 0.6 is 0 Å². The van der Waals surface area contributed by atoms with Gasteiger partial charge < -0.3 is 10.4 Å². The van der Waals surface area contributed by atoms with Crippen LogP contribution in [0.2, 0.25) is 0 Å². The van der Waals surface area contributed by atoms with Crippen molar-refractivity contribution in [3.05, 3.63) is 0 Å². The van der Waals surface area contributed by atoms with Gasteiger partial charge in [-0.1, -0.05) is 13.8 Å². The number of hydrogen-bond acceptors (Lipinski definition) is 5. The minimum absolute atomic E-state index is 0.161. The second-order valence-corrected chi connectivity index (χ2v) is 8.63. The summed E-state index contributed by atoms with van der Waals surface area (Å²) in [5.41, 5.74) is -0.171. The molecule has 2 fully saturated rings. The molecular weight excluding hydrogens is 264 g/mol. The maximum absolute atomic E-state index is 11.5. The quantitative estimate of drug-likeness (QED) is 0.763. The highest BCUT2D eigenvalue weighted by Gasteiger charge is 2.42. The molecule has 2 rings (SSSR count). The Balaban J connectivity index is 1.94. The van der Waals surface area contributed by atoms with Crippen LogP contribution in [0.1, 0.15) is 33.1 Å². The lowest BCUT2D eigenvalue weighted by Crippen LogP contribution is -2.52. The van der Waals surface area contributed by atoms with E-state index in [1.807, 2.05) is 0 Å². The molecule has 0 aromatic rings. The Morgan fingerprint density at radius 1 is 1.37 bits per heavy atom. The average molecular weight is 290 g/mol. The van der Waals surface area contributed by atoms with Crippen LogP contribution in [0.4, 0.5) is 0 Å². The van der Waals surface area contributed by atoms with Crippen LogP contribution in [0.5, 0.6) is 0 Å². The first-order chi connectivity index (χ1) is 8.86. The second kappa shape index (κ2) is 5.68. The molecule has 112 valence electrons. The number of nitrogens with one attached hydrogen (secondary N) is 1. The standard InChI is InChI=1S/C13H26N2O3S/c1-11(2)14-13(10-16)4-3-12(9-13)15-5-7-19(17,18)8-6-15/h11-12,14,16H,3-10H2,1-2H3. The van der Waals surface area contributed by atoms with Crippen molar-refractivity contribution in [3.63, 3.8) is 0 Å². The van der Waals surface area contributed by atoms with Gasteiger partial charge in [-0.25, -0.2) is 8.42 Å². The van der Waals surface area contributed by atoms with Crippen molar-refractivity contribution in [3.8, 4) is 0 Å². The van der Waals surface area contributed by atoms with E-state index >= 15 is 0 Å². The van der Waals surface area contributed by atoms with E-state index in [9.17, 15) is 13.5 Å². The average Bonchev–Trinajstić information content (AvgIpc) is 2.73. The largest absolute Gasteiger partial charge is 0.394 e. The summed E-state index contributed by atoms with van der Waals surface area (Å²) in [6.07, 6.45) is 2.93. The lowest BCUT2D eigenvalue weighted by molar-refractivity contribution is 0.138. The molecule has 19 heavy (non-hydrogen) atoms. The highest BCUT2D eigenvalue weighted by atomic mass is 32.2. The molecule has 2 aliphatic rings. The molecule has 0 aromatic carbocycles. The molecule has 6 heteroatoms. The fourth-order valence-corrected chi connectivity index (χ4v) is 4.66. The van der Waals surface area contributed by atoms with Gasteiger partial charge in [0, 0.05) is 30.7 Å². The van der Waals surface area contributed by atoms with Crippen molar-refractivity contribution in [1.82, 2.24) is 10.2 Å². The highest BCUT2D eigenvalue weighted by molar-refractivity contribution is 7.91. The van der Waals surface area contributed by atoms with Crippen molar-refractivity contribution in [1.29, 1.82) is 0 Å². The molecule has 5 nitrogen and oxygen atoms in total. The first-order valence-electron chi connectivity index (χ1n) is 7.19. The topological polar surface area (TPSA) is 69.6 Å². The maximum atomic E-state index is 11.5. The smallest absolute Gasteiger partial charge is 0.152 e. The van der Waals surface area contributed by atoms with Gasteiger partial charge in [-0.3, -0.25) is 4.90 Å². The van der Waals surface area contributed by atoms with Crippen molar-refractivity contribution in [2.75, 3.05) is 31.2 Å². The second-order valence-electron chi connectivity index (χ2n) is 6.32. The predicted molar refractivity (Wildman–Crippen MR) is 76.0 cm³/mol. The van der Waals surface area contributed by atoms with E-state index in [-0.39, 0.29) is 23.7 Å². The fourth-order valence-electron chi connectivity index (χ4n) is 3.43. The van der Waals surface area contributed by atoms with Gasteiger partial charge in [0.1, 0.15) is 0 Å². The lowest BCUT2D eigenvalue weighted by atomic mass is 9.97. The van der Waals surface area contributed by atoms with Gasteiger partial charge in [-0.15, -0.1) is 0 Å². The Morgan fingerprint density at radius 2 is 2.00 bits per heavy atom. The summed E-state index contributed by atoms with van der Waals surface area (Å²) in [7, 11) is -2.81. The Labute approximate surface area is 116 Å². The monoisotopic (exact) mass is 290 g/mol. The van der Waals surface area contributed by atoms with Crippen LogP contribution in [0.15, 0.2) is 0 Å². The van der Waals surface area contributed by atoms with Gasteiger partial charge in [0.15, 0.2) is 9.84 Å². The zero-order chi connectivity index (χ0) is 14.1. The summed E-state index contributed by atoms with van der Waals surface area (Å²) in [6, 6.07) is 0.765. The Morgan fingerprint density at radius 3 is 2.53 bits per heavy atom. The van der Waals surface area contributed by atoms with E-state index in [1.165, 1.54) is 0 Å². The van der Waals surface area contributed by atoms with Gasteiger partial charge in [0.2, 0.25) is 0 Å². The van der Waals surface area contributed by atoms with E-state index in [4.69, 9.17) is 0 Å². The van der Waals surface area contributed by atoms with Crippen LogP contribution in [0.3, 0.4) is 0 Å². The van der Waals surface area contributed by atoms with Gasteiger partial charge in [-0.2, -0.15) is 0 Å². The van der Waals surface area contributed by atoms with Crippen LogP contribution in [0, 0.1) is 0 Å². The lowest BCUT2D eigenvalue weighted by Gasteiger charge is -2.35. The summed E-state index contributed by atoms with van der Waals surface area (Å²) in [5.74, 6) is 0.570. The van der Waals surface area contributed by atoms with Gasteiger partial charge in [0.25, 0.3) is 0 Å². The third kappa shape index (κ3) is 3.68. The van der Waals surface area contributed by atoms with Crippen LogP contribution in [0.25, 0.3) is 0 Å². The minimum Gasteiger partial charge on any atom is -0.394 e. The predicted octanol–water partition coefficient (Wildman–Crippen LogP) is -0.00160. The highest BCUT2D eigenvalue weighted by Crippen LogP contribution is 2.33. The van der Waals surface area contributed by atoms with Crippen molar-refractivity contribution in [2.45, 2.75) is 50.7 Å². The fraction of sp³-hybridized carbons (Fsp3) is 1.00. The van der Waals surface area contributed by atoms with E-state index in [0.717, 1.165) is 19.3 Å². The molecule has 0 aromatic heterocycles. The molecule has 0 radical (unpaired) electrons. The molecule has 2 unspecified atom stereocenters. The first kappa shape index (κ1) is 15.2. The Bertz CT molecular complexity index is 396. The zero-order valence-corrected chi connectivity index (χ0v) is 12.7. The summed E-state index contributed by atoms with van der Waals surface area (Å²) >= 11 is 0. The van der Waals surface area contributed by atoms with Crippen molar-refractivity contribution < 1.29 is 13.5 Å². The van der Waals surface area contributed by atoms with Gasteiger partial charge in [0.05, 0.1) is 18.1 Å². The molecule has 2 N–H and O–H groups in total. The van der Waals surface area contributed by atoms with Gasteiger partial charge >= 0.3 is 0 Å². The number of sulfone groups is 1. The number of rotatable bonds is 4. The number of aliphatic hydroxyl groups excluding tert-OH is 1. The van der Waals surface area contributed by atoms with Crippen LogP contribution in [-0.4, -0.2) is 67.2 Å². The van der Waals surface area contributed by atoms with Crippen molar-refractivity contribution in [2.24, 2.45) is 0 Å². The molecule has 1 heterocycles. The number of nitrogens with zero attached hydrogens (tertiary/aromatic N) is 1. The third-order valence-electron chi connectivity index (χ3n) is 4.38. The SMILES string of the molecule is CC(C)NC1(CO)CCC(N2CCS(=O)(=O)CC2)C1. The van der Waals surface area contributed by atoms with Gasteiger partial charge in [-0.05, 0) is 19.3 Å². The molecule has 2 atom stereocenters. The Kier molecular flexibility index (Phi) is 4.55. The molecule has 0 bridgehead atoms. The minimum atomic E-state index is -2.81. The maximum Gasteiger partial charge on any atom is 0.152 e. The van der Waals surface area contributed by atoms with Crippen LogP contribution < -0.4 is 5.32 Å². The molecular formula is C13H26N2O3S.